The number of rotatable bonds is 3. The van der Waals surface area contributed by atoms with Crippen LogP contribution in [-0.4, -0.2) is 34.5 Å². The van der Waals surface area contributed by atoms with Gasteiger partial charge in [-0.05, 0) is 37.5 Å². The Hall–Kier alpha value is -1.26. The molecule has 1 fully saturated rings. The lowest BCUT2D eigenvalue weighted by Crippen LogP contribution is -2.42. The minimum absolute atomic E-state index is 0.187. The average Bonchev–Trinajstić information content (AvgIpc) is 2.89. The molecule has 2 rings (SSSR count). The minimum atomic E-state index is -0.947. The lowest BCUT2D eigenvalue weighted by atomic mass is 9.99. The van der Waals surface area contributed by atoms with E-state index in [2.05, 4.69) is 0 Å². The Morgan fingerprint density at radius 2 is 2.05 bits per heavy atom. The van der Waals surface area contributed by atoms with Gasteiger partial charge in [0, 0.05) is 6.54 Å². The number of hydrogen-bond acceptors (Lipinski definition) is 2. The SMILES string of the molecule is CC(C(=O)N1CCCC1C(=O)O)c1ccc(Cl)c(Cl)c1. The molecule has 108 valence electrons. The Labute approximate surface area is 127 Å². The normalized spacial score (nSPS) is 19.9. The number of carboxylic acids is 1. The second-order valence-corrected chi connectivity index (χ2v) is 5.74. The van der Waals surface area contributed by atoms with Gasteiger partial charge < -0.3 is 10.0 Å². The summed E-state index contributed by atoms with van der Waals surface area (Å²) in [4.78, 5) is 25.0. The number of benzene rings is 1. The lowest BCUT2D eigenvalue weighted by molar-refractivity contribution is -0.148. The topological polar surface area (TPSA) is 57.6 Å². The van der Waals surface area contributed by atoms with Gasteiger partial charge in [-0.2, -0.15) is 0 Å². The number of amides is 1. The third-order valence-corrected chi connectivity index (χ3v) is 4.37. The summed E-state index contributed by atoms with van der Waals surface area (Å²) in [6.45, 7) is 2.24. The lowest BCUT2D eigenvalue weighted by Gasteiger charge is -2.25. The second-order valence-electron chi connectivity index (χ2n) is 4.92. The van der Waals surface area contributed by atoms with Crippen LogP contribution in [0.25, 0.3) is 0 Å². The van der Waals surface area contributed by atoms with Gasteiger partial charge in [-0.25, -0.2) is 4.79 Å². The number of hydrogen-bond donors (Lipinski definition) is 1. The van der Waals surface area contributed by atoms with Crippen molar-refractivity contribution in [1.82, 2.24) is 4.90 Å². The summed E-state index contributed by atoms with van der Waals surface area (Å²) in [6, 6.07) is 4.32. The van der Waals surface area contributed by atoms with Crippen molar-refractivity contribution in [2.24, 2.45) is 0 Å². The summed E-state index contributed by atoms with van der Waals surface area (Å²) < 4.78 is 0. The van der Waals surface area contributed by atoms with Crippen molar-refractivity contribution in [2.75, 3.05) is 6.54 Å². The molecule has 1 aromatic rings. The van der Waals surface area contributed by atoms with E-state index >= 15 is 0 Å². The van der Waals surface area contributed by atoms with Crippen LogP contribution in [0.4, 0.5) is 0 Å². The molecule has 4 nitrogen and oxygen atoms in total. The van der Waals surface area contributed by atoms with Crippen LogP contribution in [0.15, 0.2) is 18.2 Å². The van der Waals surface area contributed by atoms with Crippen LogP contribution in [0, 0.1) is 0 Å². The molecule has 0 aromatic heterocycles. The quantitative estimate of drug-likeness (QED) is 0.932. The van der Waals surface area contributed by atoms with Crippen LogP contribution in [0.1, 0.15) is 31.2 Å². The first kappa shape index (κ1) is 15.1. The Morgan fingerprint density at radius 3 is 2.65 bits per heavy atom. The minimum Gasteiger partial charge on any atom is -0.480 e. The van der Waals surface area contributed by atoms with Crippen molar-refractivity contribution in [3.63, 3.8) is 0 Å². The predicted octanol–water partition coefficient (Wildman–Crippen LogP) is 3.17. The van der Waals surface area contributed by atoms with Crippen molar-refractivity contribution >= 4 is 35.1 Å². The number of carbonyl (C=O) groups is 2. The summed E-state index contributed by atoms with van der Waals surface area (Å²) in [5.41, 5.74) is 0.737. The molecule has 0 spiro atoms. The molecule has 0 saturated carbocycles. The molecule has 0 bridgehead atoms. The first-order chi connectivity index (χ1) is 9.41. The first-order valence-corrected chi connectivity index (χ1v) is 7.15. The second kappa shape index (κ2) is 6.02. The van der Waals surface area contributed by atoms with E-state index in [0.29, 0.717) is 23.0 Å². The van der Waals surface area contributed by atoms with Gasteiger partial charge in [-0.3, -0.25) is 4.79 Å². The highest BCUT2D eigenvalue weighted by atomic mass is 35.5. The summed E-state index contributed by atoms with van der Waals surface area (Å²) in [5, 5.41) is 9.95. The molecule has 1 aliphatic heterocycles. The molecule has 2 unspecified atom stereocenters. The van der Waals surface area contributed by atoms with Crippen molar-refractivity contribution in [2.45, 2.75) is 31.7 Å². The summed E-state index contributed by atoms with van der Waals surface area (Å²) in [7, 11) is 0. The number of nitrogens with zero attached hydrogens (tertiary/aromatic N) is 1. The van der Waals surface area contributed by atoms with E-state index in [-0.39, 0.29) is 5.91 Å². The number of carboxylic acid groups (broad SMARTS) is 1. The molecule has 1 aromatic carbocycles. The molecule has 1 amide bonds. The van der Waals surface area contributed by atoms with Gasteiger partial charge in [0.1, 0.15) is 6.04 Å². The third kappa shape index (κ3) is 2.91. The van der Waals surface area contributed by atoms with Crippen LogP contribution in [0.5, 0.6) is 0 Å². The fraction of sp³-hybridized carbons (Fsp3) is 0.429. The highest BCUT2D eigenvalue weighted by molar-refractivity contribution is 6.42. The molecule has 2 atom stereocenters. The molecule has 6 heteroatoms. The third-order valence-electron chi connectivity index (χ3n) is 3.64. The van der Waals surface area contributed by atoms with E-state index in [1.807, 2.05) is 0 Å². The predicted molar refractivity (Wildman–Crippen MR) is 77.2 cm³/mol. The molecule has 0 radical (unpaired) electrons. The summed E-state index contributed by atoms with van der Waals surface area (Å²) in [5.74, 6) is -1.57. The van der Waals surface area contributed by atoms with Gasteiger partial charge in [0.25, 0.3) is 0 Å². The first-order valence-electron chi connectivity index (χ1n) is 6.40. The van der Waals surface area contributed by atoms with Gasteiger partial charge in [0.05, 0.1) is 16.0 Å². The van der Waals surface area contributed by atoms with Crippen molar-refractivity contribution in [3.05, 3.63) is 33.8 Å². The van der Waals surface area contributed by atoms with E-state index in [1.165, 1.54) is 4.90 Å². The number of likely N-dealkylation sites (tertiary alicyclic amines) is 1. The van der Waals surface area contributed by atoms with Crippen LogP contribution in [0.3, 0.4) is 0 Å². The van der Waals surface area contributed by atoms with Crippen LogP contribution >= 0.6 is 23.2 Å². The molecule has 1 heterocycles. The zero-order chi connectivity index (χ0) is 14.9. The Balaban J connectivity index is 2.19. The highest BCUT2D eigenvalue weighted by Crippen LogP contribution is 2.29. The van der Waals surface area contributed by atoms with Gasteiger partial charge >= 0.3 is 5.97 Å². The van der Waals surface area contributed by atoms with Crippen molar-refractivity contribution in [1.29, 1.82) is 0 Å². The number of carbonyl (C=O) groups excluding carboxylic acids is 1. The Bertz CT molecular complexity index is 547. The fourth-order valence-corrected chi connectivity index (χ4v) is 2.77. The van der Waals surface area contributed by atoms with Gasteiger partial charge in [-0.15, -0.1) is 0 Å². The molecule has 1 aliphatic rings. The van der Waals surface area contributed by atoms with Gasteiger partial charge in [-0.1, -0.05) is 29.3 Å². The van der Waals surface area contributed by atoms with Crippen molar-refractivity contribution in [3.8, 4) is 0 Å². The standard InChI is InChI=1S/C14H15Cl2NO3/c1-8(9-4-5-10(15)11(16)7-9)13(18)17-6-2-3-12(17)14(19)20/h4-5,7-8,12H,2-3,6H2,1H3,(H,19,20). The van der Waals surface area contributed by atoms with Crippen LogP contribution in [-0.2, 0) is 9.59 Å². The summed E-state index contributed by atoms with van der Waals surface area (Å²) >= 11 is 11.8. The zero-order valence-electron chi connectivity index (χ0n) is 11.0. The molecular weight excluding hydrogens is 301 g/mol. The van der Waals surface area contributed by atoms with Crippen LogP contribution in [0.2, 0.25) is 10.0 Å². The molecule has 0 aliphatic carbocycles. The maximum atomic E-state index is 12.4. The van der Waals surface area contributed by atoms with E-state index < -0.39 is 17.9 Å². The van der Waals surface area contributed by atoms with E-state index in [1.54, 1.807) is 25.1 Å². The van der Waals surface area contributed by atoms with E-state index in [0.717, 1.165) is 12.0 Å². The zero-order valence-corrected chi connectivity index (χ0v) is 12.5. The maximum absolute atomic E-state index is 12.4. The fourth-order valence-electron chi connectivity index (χ4n) is 2.46. The van der Waals surface area contributed by atoms with Crippen molar-refractivity contribution < 1.29 is 14.7 Å². The Morgan fingerprint density at radius 1 is 1.35 bits per heavy atom. The number of aliphatic carboxylic acids is 1. The maximum Gasteiger partial charge on any atom is 0.326 e. The Kier molecular flexibility index (Phi) is 4.55. The van der Waals surface area contributed by atoms with E-state index in [4.69, 9.17) is 28.3 Å². The largest absolute Gasteiger partial charge is 0.480 e. The van der Waals surface area contributed by atoms with Crippen LogP contribution < -0.4 is 0 Å². The monoisotopic (exact) mass is 315 g/mol. The number of halogens is 2. The van der Waals surface area contributed by atoms with Gasteiger partial charge in [0.2, 0.25) is 5.91 Å². The van der Waals surface area contributed by atoms with E-state index in [9.17, 15) is 9.59 Å². The molecule has 20 heavy (non-hydrogen) atoms. The highest BCUT2D eigenvalue weighted by Gasteiger charge is 2.36. The molecular formula is C14H15Cl2NO3. The molecule has 1 N–H and O–H groups in total. The average molecular weight is 316 g/mol. The summed E-state index contributed by atoms with van der Waals surface area (Å²) in [6.07, 6.45) is 1.23. The smallest absolute Gasteiger partial charge is 0.326 e. The van der Waals surface area contributed by atoms with Gasteiger partial charge in [0.15, 0.2) is 0 Å². The molecule has 1 saturated heterocycles.